The highest BCUT2D eigenvalue weighted by molar-refractivity contribution is 5.76. The molecule has 0 aromatic heterocycles. The van der Waals surface area contributed by atoms with Crippen LogP contribution in [0.4, 0.5) is 4.79 Å². The first-order chi connectivity index (χ1) is 11.0. The Morgan fingerprint density at radius 2 is 1.96 bits per heavy atom. The van der Waals surface area contributed by atoms with Gasteiger partial charge in [0, 0.05) is 13.0 Å². The van der Waals surface area contributed by atoms with Crippen molar-refractivity contribution in [2.45, 2.75) is 45.1 Å². The number of hydrogen-bond donors (Lipinski definition) is 1. The fourth-order valence-corrected chi connectivity index (χ4v) is 2.74. The van der Waals surface area contributed by atoms with Gasteiger partial charge in [-0.1, -0.05) is 36.8 Å². The van der Waals surface area contributed by atoms with Crippen molar-refractivity contribution in [3.8, 4) is 0 Å². The number of carbonyl (C=O) groups is 2. The highest BCUT2D eigenvalue weighted by Gasteiger charge is 2.23. The van der Waals surface area contributed by atoms with Crippen LogP contribution in [-0.2, 0) is 15.1 Å². The quantitative estimate of drug-likeness (QED) is 0.908. The molecule has 1 aromatic rings. The van der Waals surface area contributed by atoms with E-state index in [4.69, 9.17) is 4.74 Å². The summed E-state index contributed by atoms with van der Waals surface area (Å²) in [6, 6.07) is 9.76. The number of ether oxygens (including phenoxy) is 1. The summed E-state index contributed by atoms with van der Waals surface area (Å²) in [5.41, 5.74) is 0.510. The predicted octanol–water partition coefficient (Wildman–Crippen LogP) is 3.05. The number of alkyl carbamates (subject to hydrolysis) is 1. The van der Waals surface area contributed by atoms with Crippen molar-refractivity contribution >= 4 is 12.0 Å². The zero-order valence-electron chi connectivity index (χ0n) is 14.0. The largest absolute Gasteiger partial charge is 0.448 e. The Balaban J connectivity index is 1.77. The van der Waals surface area contributed by atoms with Gasteiger partial charge in [-0.05, 0) is 32.3 Å². The SMILES string of the molecule is CC(C)(NC(=O)OCCN1CCCCCC1=O)c1ccccc1. The molecule has 1 aromatic carbocycles. The lowest BCUT2D eigenvalue weighted by Crippen LogP contribution is -2.42. The van der Waals surface area contributed by atoms with Crippen LogP contribution in [0.5, 0.6) is 0 Å². The molecule has 126 valence electrons. The molecular weight excluding hydrogens is 292 g/mol. The van der Waals surface area contributed by atoms with E-state index in [0.29, 0.717) is 13.0 Å². The molecule has 1 heterocycles. The van der Waals surface area contributed by atoms with Crippen molar-refractivity contribution in [1.29, 1.82) is 0 Å². The number of hydrogen-bond acceptors (Lipinski definition) is 3. The Hall–Kier alpha value is -2.04. The minimum Gasteiger partial charge on any atom is -0.448 e. The predicted molar refractivity (Wildman–Crippen MR) is 89.0 cm³/mol. The van der Waals surface area contributed by atoms with Crippen molar-refractivity contribution < 1.29 is 14.3 Å². The molecule has 0 unspecified atom stereocenters. The van der Waals surface area contributed by atoms with Crippen molar-refractivity contribution in [3.63, 3.8) is 0 Å². The molecule has 1 aliphatic heterocycles. The molecule has 0 spiro atoms. The van der Waals surface area contributed by atoms with Gasteiger partial charge in [-0.3, -0.25) is 4.79 Å². The zero-order valence-corrected chi connectivity index (χ0v) is 14.0. The summed E-state index contributed by atoms with van der Waals surface area (Å²) in [5, 5.41) is 2.87. The first-order valence-corrected chi connectivity index (χ1v) is 8.27. The van der Waals surface area contributed by atoms with Crippen LogP contribution >= 0.6 is 0 Å². The zero-order chi connectivity index (χ0) is 16.7. The Kier molecular flexibility index (Phi) is 6.02. The second-order valence-corrected chi connectivity index (χ2v) is 6.44. The molecular formula is C18H26N2O3. The van der Waals surface area contributed by atoms with Gasteiger partial charge in [0.2, 0.25) is 5.91 Å². The topological polar surface area (TPSA) is 58.6 Å². The number of benzene rings is 1. The van der Waals surface area contributed by atoms with Gasteiger partial charge in [0.15, 0.2) is 0 Å². The molecule has 5 heteroatoms. The van der Waals surface area contributed by atoms with Gasteiger partial charge in [-0.15, -0.1) is 0 Å². The molecule has 0 saturated carbocycles. The number of rotatable bonds is 5. The lowest BCUT2D eigenvalue weighted by molar-refractivity contribution is -0.131. The minimum atomic E-state index is -0.503. The van der Waals surface area contributed by atoms with E-state index in [1.54, 1.807) is 4.90 Å². The van der Waals surface area contributed by atoms with Crippen LogP contribution in [-0.4, -0.2) is 36.6 Å². The van der Waals surface area contributed by atoms with E-state index in [-0.39, 0.29) is 12.5 Å². The summed E-state index contributed by atoms with van der Waals surface area (Å²) in [7, 11) is 0. The Labute approximate surface area is 138 Å². The van der Waals surface area contributed by atoms with E-state index >= 15 is 0 Å². The molecule has 1 saturated heterocycles. The first-order valence-electron chi connectivity index (χ1n) is 8.27. The van der Waals surface area contributed by atoms with Crippen LogP contribution < -0.4 is 5.32 Å². The van der Waals surface area contributed by atoms with Gasteiger partial charge in [0.25, 0.3) is 0 Å². The number of carbonyl (C=O) groups excluding carboxylic acids is 2. The van der Waals surface area contributed by atoms with Crippen LogP contribution in [0, 0.1) is 0 Å². The molecule has 2 amide bonds. The van der Waals surface area contributed by atoms with Gasteiger partial charge < -0.3 is 15.0 Å². The average Bonchev–Trinajstić information content (AvgIpc) is 2.73. The van der Waals surface area contributed by atoms with E-state index in [0.717, 1.165) is 31.4 Å². The van der Waals surface area contributed by atoms with E-state index in [9.17, 15) is 9.59 Å². The molecule has 1 aliphatic rings. The fraction of sp³-hybridized carbons (Fsp3) is 0.556. The number of nitrogens with zero attached hydrogens (tertiary/aromatic N) is 1. The fourth-order valence-electron chi connectivity index (χ4n) is 2.74. The number of amides is 2. The highest BCUT2D eigenvalue weighted by Crippen LogP contribution is 2.19. The molecule has 0 radical (unpaired) electrons. The van der Waals surface area contributed by atoms with Gasteiger partial charge >= 0.3 is 6.09 Å². The third-order valence-electron chi connectivity index (χ3n) is 4.18. The molecule has 1 fully saturated rings. The molecule has 0 aliphatic carbocycles. The summed E-state index contributed by atoms with van der Waals surface area (Å²) >= 11 is 0. The summed E-state index contributed by atoms with van der Waals surface area (Å²) in [5.74, 6) is 0.163. The first kappa shape index (κ1) is 17.3. The smallest absolute Gasteiger partial charge is 0.407 e. The van der Waals surface area contributed by atoms with Gasteiger partial charge in [-0.25, -0.2) is 4.79 Å². The molecule has 5 nitrogen and oxygen atoms in total. The number of likely N-dealkylation sites (tertiary alicyclic amines) is 1. The van der Waals surface area contributed by atoms with E-state index in [1.807, 2.05) is 44.2 Å². The standard InChI is InChI=1S/C18H26N2O3/c1-18(2,15-9-5-3-6-10-15)19-17(22)23-14-13-20-12-8-4-7-11-16(20)21/h3,5-6,9-10H,4,7-8,11-14H2,1-2H3,(H,19,22). The van der Waals surface area contributed by atoms with Gasteiger partial charge in [0.05, 0.1) is 12.1 Å². The maximum atomic E-state index is 12.0. The van der Waals surface area contributed by atoms with Crippen LogP contribution in [0.3, 0.4) is 0 Å². The molecule has 23 heavy (non-hydrogen) atoms. The lowest BCUT2D eigenvalue weighted by Gasteiger charge is -2.27. The van der Waals surface area contributed by atoms with E-state index < -0.39 is 11.6 Å². The van der Waals surface area contributed by atoms with Crippen LogP contribution in [0.15, 0.2) is 30.3 Å². The summed E-state index contributed by atoms with van der Waals surface area (Å²) in [4.78, 5) is 25.7. The van der Waals surface area contributed by atoms with Gasteiger partial charge in [-0.2, -0.15) is 0 Å². The molecule has 0 bridgehead atoms. The molecule has 2 rings (SSSR count). The molecule has 0 atom stereocenters. The van der Waals surface area contributed by atoms with Crippen LogP contribution in [0.25, 0.3) is 0 Å². The van der Waals surface area contributed by atoms with Crippen LogP contribution in [0.1, 0.15) is 45.1 Å². The average molecular weight is 318 g/mol. The summed E-state index contributed by atoms with van der Waals surface area (Å²) in [6.07, 6.45) is 3.23. The van der Waals surface area contributed by atoms with Crippen molar-refractivity contribution in [2.75, 3.05) is 19.7 Å². The van der Waals surface area contributed by atoms with E-state index in [1.165, 1.54) is 0 Å². The Morgan fingerprint density at radius 1 is 1.22 bits per heavy atom. The molecule has 1 N–H and O–H groups in total. The monoisotopic (exact) mass is 318 g/mol. The lowest BCUT2D eigenvalue weighted by atomic mass is 9.95. The van der Waals surface area contributed by atoms with Crippen molar-refractivity contribution in [1.82, 2.24) is 10.2 Å². The third kappa shape index (κ3) is 5.27. The highest BCUT2D eigenvalue weighted by atomic mass is 16.5. The number of nitrogens with one attached hydrogen (secondary N) is 1. The minimum absolute atomic E-state index is 0.163. The Bertz CT molecular complexity index is 528. The normalized spacial score (nSPS) is 15.9. The maximum absolute atomic E-state index is 12.0. The third-order valence-corrected chi connectivity index (χ3v) is 4.18. The second kappa shape index (κ2) is 7.99. The van der Waals surface area contributed by atoms with Gasteiger partial charge in [0.1, 0.15) is 6.61 Å². The van der Waals surface area contributed by atoms with Crippen LogP contribution in [0.2, 0.25) is 0 Å². The maximum Gasteiger partial charge on any atom is 0.407 e. The second-order valence-electron chi connectivity index (χ2n) is 6.44. The van der Waals surface area contributed by atoms with Crippen molar-refractivity contribution in [2.24, 2.45) is 0 Å². The summed E-state index contributed by atoms with van der Waals surface area (Å²) < 4.78 is 5.25. The summed E-state index contributed by atoms with van der Waals surface area (Å²) in [6.45, 7) is 5.32. The Morgan fingerprint density at radius 3 is 2.70 bits per heavy atom. The van der Waals surface area contributed by atoms with Crippen molar-refractivity contribution in [3.05, 3.63) is 35.9 Å². The van der Waals surface area contributed by atoms with E-state index in [2.05, 4.69) is 5.32 Å².